The van der Waals surface area contributed by atoms with E-state index in [9.17, 15) is 0 Å². The molecule has 14 heavy (non-hydrogen) atoms. The summed E-state index contributed by atoms with van der Waals surface area (Å²) in [6.45, 7) is 4.26. The van der Waals surface area contributed by atoms with Gasteiger partial charge in [0.25, 0.3) is 0 Å². The Morgan fingerprint density at radius 1 is 1.50 bits per heavy atom. The van der Waals surface area contributed by atoms with Crippen LogP contribution in [0.15, 0.2) is 22.7 Å². The number of hydrogen-bond donors (Lipinski definition) is 1. The molecule has 0 spiro atoms. The Kier molecular flexibility index (Phi) is 2.88. The van der Waals surface area contributed by atoms with Crippen LogP contribution in [0.1, 0.15) is 13.8 Å². The van der Waals surface area contributed by atoms with E-state index in [4.69, 9.17) is 0 Å². The fourth-order valence-corrected chi connectivity index (χ4v) is 2.36. The van der Waals surface area contributed by atoms with Crippen molar-refractivity contribution in [3.8, 4) is 10.7 Å². The predicted octanol–water partition coefficient (Wildman–Crippen LogP) is 3.03. The standard InChI is InChI=1S/C9H11N3S2/c1-6(2)14-9-10-8(11-12-9)7-4-3-5-13-7/h3-6H,1-2H3,(H,10,11,12). The molecule has 2 heterocycles. The number of thiophene rings is 1. The van der Waals surface area contributed by atoms with Crippen LogP contribution < -0.4 is 0 Å². The first-order valence-electron chi connectivity index (χ1n) is 4.38. The molecule has 74 valence electrons. The average molecular weight is 225 g/mol. The molecule has 0 aliphatic rings. The predicted molar refractivity (Wildman–Crippen MR) is 60.7 cm³/mol. The van der Waals surface area contributed by atoms with Gasteiger partial charge in [-0.3, -0.25) is 5.10 Å². The van der Waals surface area contributed by atoms with Crippen molar-refractivity contribution in [1.82, 2.24) is 15.2 Å². The monoisotopic (exact) mass is 225 g/mol. The minimum atomic E-state index is 0.516. The van der Waals surface area contributed by atoms with E-state index in [1.165, 1.54) is 0 Å². The molecule has 2 aromatic rings. The first-order valence-corrected chi connectivity index (χ1v) is 6.14. The lowest BCUT2D eigenvalue weighted by molar-refractivity contribution is 0.962. The molecule has 0 aromatic carbocycles. The highest BCUT2D eigenvalue weighted by Crippen LogP contribution is 2.24. The average Bonchev–Trinajstić information content (AvgIpc) is 2.69. The van der Waals surface area contributed by atoms with Gasteiger partial charge in [-0.1, -0.05) is 31.7 Å². The number of nitrogens with zero attached hydrogens (tertiary/aromatic N) is 2. The largest absolute Gasteiger partial charge is 0.257 e. The maximum absolute atomic E-state index is 4.40. The molecule has 0 unspecified atom stereocenters. The number of aromatic amines is 1. The molecule has 3 nitrogen and oxygen atoms in total. The van der Waals surface area contributed by atoms with E-state index in [0.717, 1.165) is 15.9 Å². The molecule has 0 fully saturated rings. The van der Waals surface area contributed by atoms with Crippen LogP contribution in [0, 0.1) is 0 Å². The van der Waals surface area contributed by atoms with Gasteiger partial charge in [0.15, 0.2) is 5.82 Å². The van der Waals surface area contributed by atoms with Crippen molar-refractivity contribution < 1.29 is 0 Å². The molecule has 5 heteroatoms. The van der Waals surface area contributed by atoms with Gasteiger partial charge < -0.3 is 0 Å². The van der Waals surface area contributed by atoms with E-state index in [1.807, 2.05) is 17.5 Å². The molecule has 0 saturated heterocycles. The molecule has 0 saturated carbocycles. The second-order valence-electron chi connectivity index (χ2n) is 3.11. The molecular formula is C9H11N3S2. The van der Waals surface area contributed by atoms with E-state index < -0.39 is 0 Å². The van der Waals surface area contributed by atoms with Gasteiger partial charge in [-0.15, -0.1) is 16.4 Å². The molecule has 0 atom stereocenters. The molecule has 0 radical (unpaired) electrons. The van der Waals surface area contributed by atoms with Crippen molar-refractivity contribution >= 4 is 23.1 Å². The van der Waals surface area contributed by atoms with Crippen molar-refractivity contribution in [3.05, 3.63) is 17.5 Å². The summed E-state index contributed by atoms with van der Waals surface area (Å²) < 4.78 is 0. The highest BCUT2D eigenvalue weighted by Gasteiger charge is 2.07. The van der Waals surface area contributed by atoms with Crippen LogP contribution in [-0.4, -0.2) is 20.4 Å². The van der Waals surface area contributed by atoms with E-state index in [2.05, 4.69) is 29.0 Å². The van der Waals surface area contributed by atoms with Crippen molar-refractivity contribution in [2.45, 2.75) is 24.3 Å². The lowest BCUT2D eigenvalue weighted by Gasteiger charge is -1.96. The van der Waals surface area contributed by atoms with E-state index in [1.54, 1.807) is 23.1 Å². The van der Waals surface area contributed by atoms with Crippen LogP contribution in [-0.2, 0) is 0 Å². The Balaban J connectivity index is 2.18. The van der Waals surface area contributed by atoms with Gasteiger partial charge in [-0.05, 0) is 11.4 Å². The number of H-pyrrole nitrogens is 1. The lowest BCUT2D eigenvalue weighted by Crippen LogP contribution is -1.86. The molecule has 0 amide bonds. The summed E-state index contributed by atoms with van der Waals surface area (Å²) in [6.07, 6.45) is 0. The highest BCUT2D eigenvalue weighted by atomic mass is 32.2. The van der Waals surface area contributed by atoms with Crippen LogP contribution in [0.3, 0.4) is 0 Å². The van der Waals surface area contributed by atoms with Gasteiger partial charge >= 0.3 is 0 Å². The van der Waals surface area contributed by atoms with Crippen LogP contribution in [0.5, 0.6) is 0 Å². The molecule has 0 aliphatic carbocycles. The topological polar surface area (TPSA) is 41.6 Å². The third kappa shape index (κ3) is 2.16. The van der Waals surface area contributed by atoms with Gasteiger partial charge in [0.1, 0.15) is 0 Å². The number of thioether (sulfide) groups is 1. The van der Waals surface area contributed by atoms with E-state index >= 15 is 0 Å². The van der Waals surface area contributed by atoms with E-state index in [0.29, 0.717) is 5.25 Å². The Bertz CT molecular complexity index is 392. The normalized spacial score (nSPS) is 11.1. The maximum Gasteiger partial charge on any atom is 0.209 e. The molecular weight excluding hydrogens is 214 g/mol. The Labute approximate surface area is 91.0 Å². The minimum Gasteiger partial charge on any atom is -0.257 e. The molecule has 1 N–H and O–H groups in total. The Hall–Kier alpha value is -0.810. The number of aromatic nitrogens is 3. The number of hydrogen-bond acceptors (Lipinski definition) is 4. The highest BCUT2D eigenvalue weighted by molar-refractivity contribution is 7.99. The fraction of sp³-hybridized carbons (Fsp3) is 0.333. The Morgan fingerprint density at radius 3 is 3.00 bits per heavy atom. The summed E-state index contributed by atoms with van der Waals surface area (Å²) in [5.74, 6) is 0.864. The zero-order chi connectivity index (χ0) is 9.97. The SMILES string of the molecule is CC(C)Sc1n[nH]c(-c2cccs2)n1. The molecule has 0 bridgehead atoms. The van der Waals surface area contributed by atoms with E-state index in [-0.39, 0.29) is 0 Å². The minimum absolute atomic E-state index is 0.516. The molecule has 2 rings (SSSR count). The van der Waals surface area contributed by atoms with Gasteiger partial charge in [0.2, 0.25) is 5.16 Å². The summed E-state index contributed by atoms with van der Waals surface area (Å²) in [5.41, 5.74) is 0. The molecule has 0 aliphatic heterocycles. The van der Waals surface area contributed by atoms with Crippen LogP contribution in [0.4, 0.5) is 0 Å². The lowest BCUT2D eigenvalue weighted by atomic mass is 10.4. The zero-order valence-corrected chi connectivity index (χ0v) is 9.65. The summed E-state index contributed by atoms with van der Waals surface area (Å²) in [6, 6.07) is 4.05. The summed E-state index contributed by atoms with van der Waals surface area (Å²) in [7, 11) is 0. The van der Waals surface area contributed by atoms with Crippen LogP contribution in [0.25, 0.3) is 10.7 Å². The second-order valence-corrected chi connectivity index (χ2v) is 5.60. The van der Waals surface area contributed by atoms with Crippen molar-refractivity contribution in [2.24, 2.45) is 0 Å². The quantitative estimate of drug-likeness (QED) is 0.816. The van der Waals surface area contributed by atoms with Crippen molar-refractivity contribution in [1.29, 1.82) is 0 Å². The summed E-state index contributed by atoms with van der Waals surface area (Å²) in [5, 5.41) is 10.5. The van der Waals surface area contributed by atoms with Gasteiger partial charge in [0, 0.05) is 5.25 Å². The number of nitrogens with one attached hydrogen (secondary N) is 1. The van der Waals surface area contributed by atoms with Crippen molar-refractivity contribution in [3.63, 3.8) is 0 Å². The summed E-state index contributed by atoms with van der Waals surface area (Å²) >= 11 is 3.33. The van der Waals surface area contributed by atoms with Gasteiger partial charge in [0.05, 0.1) is 4.88 Å². The van der Waals surface area contributed by atoms with Crippen LogP contribution in [0.2, 0.25) is 0 Å². The first-order chi connectivity index (χ1) is 6.75. The van der Waals surface area contributed by atoms with Gasteiger partial charge in [-0.2, -0.15) is 0 Å². The third-order valence-electron chi connectivity index (χ3n) is 1.56. The fourth-order valence-electron chi connectivity index (χ4n) is 1.03. The first kappa shape index (κ1) is 9.73. The third-order valence-corrected chi connectivity index (χ3v) is 3.30. The van der Waals surface area contributed by atoms with Crippen LogP contribution >= 0.6 is 23.1 Å². The second kappa shape index (κ2) is 4.14. The zero-order valence-electron chi connectivity index (χ0n) is 8.02. The summed E-state index contributed by atoms with van der Waals surface area (Å²) in [4.78, 5) is 5.53. The smallest absolute Gasteiger partial charge is 0.209 e. The Morgan fingerprint density at radius 2 is 2.36 bits per heavy atom. The maximum atomic E-state index is 4.40. The van der Waals surface area contributed by atoms with Crippen molar-refractivity contribution in [2.75, 3.05) is 0 Å². The number of rotatable bonds is 3. The molecule has 2 aromatic heterocycles. The van der Waals surface area contributed by atoms with Gasteiger partial charge in [-0.25, -0.2) is 4.98 Å².